The lowest BCUT2D eigenvalue weighted by atomic mass is 10.1. The molecule has 0 radical (unpaired) electrons. The Balaban J connectivity index is 3.00. The van der Waals surface area contributed by atoms with E-state index < -0.39 is 0 Å². The Kier molecular flexibility index (Phi) is 2.89. The molecule has 0 aromatic carbocycles. The van der Waals surface area contributed by atoms with Gasteiger partial charge < -0.3 is 4.42 Å². The van der Waals surface area contributed by atoms with Gasteiger partial charge in [0.2, 0.25) is 0 Å². The summed E-state index contributed by atoms with van der Waals surface area (Å²) in [6.07, 6.45) is 0. The van der Waals surface area contributed by atoms with Crippen LogP contribution in [0.4, 0.5) is 0 Å². The first-order valence-electron chi connectivity index (χ1n) is 4.35. The van der Waals surface area contributed by atoms with Gasteiger partial charge in [0, 0.05) is 16.7 Å². The second-order valence-electron chi connectivity index (χ2n) is 3.71. The van der Waals surface area contributed by atoms with Gasteiger partial charge in [-0.1, -0.05) is 27.7 Å². The molecule has 1 aromatic heterocycles. The molecule has 0 bridgehead atoms. The largest absolute Gasteiger partial charge is 0.464 e. The molecule has 1 aromatic rings. The van der Waals surface area contributed by atoms with Gasteiger partial charge in [-0.3, -0.25) is 0 Å². The molecular formula is C10H16OS. The third-order valence-corrected chi connectivity index (χ3v) is 2.20. The molecule has 68 valence electrons. The van der Waals surface area contributed by atoms with Gasteiger partial charge in [0.15, 0.2) is 0 Å². The van der Waals surface area contributed by atoms with Crippen molar-refractivity contribution in [3.05, 3.63) is 17.6 Å². The van der Waals surface area contributed by atoms with Gasteiger partial charge in [0.1, 0.15) is 11.5 Å². The zero-order valence-corrected chi connectivity index (χ0v) is 8.98. The Morgan fingerprint density at radius 3 is 2.00 bits per heavy atom. The first-order valence-corrected chi connectivity index (χ1v) is 4.79. The van der Waals surface area contributed by atoms with Crippen LogP contribution in [0.25, 0.3) is 0 Å². The molecule has 0 saturated heterocycles. The fourth-order valence-corrected chi connectivity index (χ4v) is 1.54. The molecule has 1 heterocycles. The Morgan fingerprint density at radius 1 is 1.17 bits per heavy atom. The Morgan fingerprint density at radius 2 is 1.75 bits per heavy atom. The minimum Gasteiger partial charge on any atom is -0.464 e. The van der Waals surface area contributed by atoms with E-state index in [4.69, 9.17) is 4.42 Å². The molecule has 0 N–H and O–H groups in total. The standard InChI is InChI=1S/C10H16OS/c1-6(2)8-5-9(12)10(11-8)7(3)4/h5-7,12H,1-4H3. The average molecular weight is 184 g/mol. The van der Waals surface area contributed by atoms with Crippen LogP contribution < -0.4 is 0 Å². The Hall–Kier alpha value is -0.370. The number of hydrogen-bond donors (Lipinski definition) is 1. The van der Waals surface area contributed by atoms with Gasteiger partial charge in [0.05, 0.1) is 0 Å². The van der Waals surface area contributed by atoms with Crippen LogP contribution in [0.3, 0.4) is 0 Å². The molecule has 0 spiro atoms. The summed E-state index contributed by atoms with van der Waals surface area (Å²) in [5.41, 5.74) is 0. The zero-order chi connectivity index (χ0) is 9.30. The molecule has 0 unspecified atom stereocenters. The third kappa shape index (κ3) is 1.86. The van der Waals surface area contributed by atoms with Gasteiger partial charge in [-0.25, -0.2) is 0 Å². The molecule has 0 aliphatic rings. The molecule has 0 atom stereocenters. The highest BCUT2D eigenvalue weighted by molar-refractivity contribution is 7.80. The highest BCUT2D eigenvalue weighted by atomic mass is 32.1. The summed E-state index contributed by atoms with van der Waals surface area (Å²) in [5.74, 6) is 2.90. The molecular weight excluding hydrogens is 168 g/mol. The van der Waals surface area contributed by atoms with Gasteiger partial charge in [-0.05, 0) is 6.07 Å². The molecule has 0 aliphatic heterocycles. The van der Waals surface area contributed by atoms with Gasteiger partial charge in [-0.2, -0.15) is 0 Å². The van der Waals surface area contributed by atoms with Crippen LogP contribution in [-0.2, 0) is 0 Å². The molecule has 1 rings (SSSR count). The smallest absolute Gasteiger partial charge is 0.119 e. The van der Waals surface area contributed by atoms with Crippen LogP contribution in [0.2, 0.25) is 0 Å². The lowest BCUT2D eigenvalue weighted by Crippen LogP contribution is -1.84. The SMILES string of the molecule is CC(C)c1cc(S)c(C(C)C)o1. The monoisotopic (exact) mass is 184 g/mol. The maximum Gasteiger partial charge on any atom is 0.119 e. The average Bonchev–Trinajstić information content (AvgIpc) is 2.30. The van der Waals surface area contributed by atoms with E-state index in [0.29, 0.717) is 11.8 Å². The molecule has 0 fully saturated rings. The minimum absolute atomic E-state index is 0.421. The fourth-order valence-electron chi connectivity index (χ4n) is 1.11. The fraction of sp³-hybridized carbons (Fsp3) is 0.600. The first kappa shape index (κ1) is 9.72. The van der Waals surface area contributed by atoms with Crippen molar-refractivity contribution in [3.63, 3.8) is 0 Å². The van der Waals surface area contributed by atoms with E-state index in [1.54, 1.807) is 0 Å². The van der Waals surface area contributed by atoms with E-state index in [9.17, 15) is 0 Å². The molecule has 0 amide bonds. The topological polar surface area (TPSA) is 13.1 Å². The molecule has 2 heteroatoms. The second-order valence-corrected chi connectivity index (χ2v) is 4.19. The van der Waals surface area contributed by atoms with Crippen molar-refractivity contribution in [1.82, 2.24) is 0 Å². The third-order valence-electron chi connectivity index (χ3n) is 1.85. The van der Waals surface area contributed by atoms with E-state index in [1.807, 2.05) is 6.07 Å². The Bertz CT molecular complexity index is 261. The van der Waals surface area contributed by atoms with Crippen molar-refractivity contribution in [2.75, 3.05) is 0 Å². The van der Waals surface area contributed by atoms with E-state index in [0.717, 1.165) is 16.4 Å². The molecule has 12 heavy (non-hydrogen) atoms. The molecule has 0 aliphatic carbocycles. The van der Waals surface area contributed by atoms with Crippen molar-refractivity contribution < 1.29 is 4.42 Å². The van der Waals surface area contributed by atoms with E-state index in [-0.39, 0.29) is 0 Å². The predicted molar refractivity (Wildman–Crippen MR) is 54.1 cm³/mol. The van der Waals surface area contributed by atoms with Crippen LogP contribution in [0.5, 0.6) is 0 Å². The molecule has 0 saturated carbocycles. The molecule has 1 nitrogen and oxygen atoms in total. The summed E-state index contributed by atoms with van der Waals surface area (Å²) in [6, 6.07) is 2.02. The summed E-state index contributed by atoms with van der Waals surface area (Å²) in [7, 11) is 0. The van der Waals surface area contributed by atoms with E-state index >= 15 is 0 Å². The second kappa shape index (κ2) is 3.56. The number of furan rings is 1. The van der Waals surface area contributed by atoms with Crippen LogP contribution in [0, 0.1) is 0 Å². The van der Waals surface area contributed by atoms with E-state index in [1.165, 1.54) is 0 Å². The van der Waals surface area contributed by atoms with Gasteiger partial charge >= 0.3 is 0 Å². The van der Waals surface area contributed by atoms with Gasteiger partial charge in [0.25, 0.3) is 0 Å². The van der Waals surface area contributed by atoms with Crippen LogP contribution in [0.1, 0.15) is 51.1 Å². The van der Waals surface area contributed by atoms with Crippen LogP contribution in [-0.4, -0.2) is 0 Å². The number of hydrogen-bond acceptors (Lipinski definition) is 2. The summed E-state index contributed by atoms with van der Waals surface area (Å²) < 4.78 is 5.66. The maximum absolute atomic E-state index is 5.66. The highest BCUT2D eigenvalue weighted by Crippen LogP contribution is 2.29. The quantitative estimate of drug-likeness (QED) is 0.690. The van der Waals surface area contributed by atoms with Crippen molar-refractivity contribution in [3.8, 4) is 0 Å². The van der Waals surface area contributed by atoms with Crippen LogP contribution in [0.15, 0.2) is 15.4 Å². The summed E-state index contributed by atoms with van der Waals surface area (Å²) in [6.45, 7) is 8.47. The lowest BCUT2D eigenvalue weighted by Gasteiger charge is -2.01. The van der Waals surface area contributed by atoms with Crippen molar-refractivity contribution in [1.29, 1.82) is 0 Å². The summed E-state index contributed by atoms with van der Waals surface area (Å²) >= 11 is 4.36. The van der Waals surface area contributed by atoms with E-state index in [2.05, 4.69) is 40.3 Å². The number of thiol groups is 1. The lowest BCUT2D eigenvalue weighted by molar-refractivity contribution is 0.426. The van der Waals surface area contributed by atoms with Crippen molar-refractivity contribution in [2.45, 2.75) is 44.4 Å². The Labute approximate surface area is 79.6 Å². The van der Waals surface area contributed by atoms with Crippen molar-refractivity contribution >= 4 is 12.6 Å². The maximum atomic E-state index is 5.66. The number of rotatable bonds is 2. The van der Waals surface area contributed by atoms with Gasteiger partial charge in [-0.15, -0.1) is 12.6 Å². The van der Waals surface area contributed by atoms with Crippen LogP contribution >= 0.6 is 12.6 Å². The van der Waals surface area contributed by atoms with Crippen molar-refractivity contribution in [2.24, 2.45) is 0 Å². The minimum atomic E-state index is 0.421. The summed E-state index contributed by atoms with van der Waals surface area (Å²) in [4.78, 5) is 0.980. The summed E-state index contributed by atoms with van der Waals surface area (Å²) in [5, 5.41) is 0. The normalized spacial score (nSPS) is 11.6. The predicted octanol–water partition coefficient (Wildman–Crippen LogP) is 3.82. The zero-order valence-electron chi connectivity index (χ0n) is 8.09. The first-order chi connectivity index (χ1) is 5.52. The highest BCUT2D eigenvalue weighted by Gasteiger charge is 2.13.